The molecule has 1 heterocycles. The molecular weight excluding hydrogens is 230 g/mol. The zero-order valence-electron chi connectivity index (χ0n) is 9.62. The number of benzene rings is 1. The molecule has 86 valence electrons. The van der Waals surface area contributed by atoms with Crippen LogP contribution in [0.25, 0.3) is 11.1 Å². The number of hydrogen-bond donors (Lipinski definition) is 0. The molecule has 2 heteroatoms. The van der Waals surface area contributed by atoms with Crippen molar-refractivity contribution in [3.8, 4) is 11.1 Å². The number of nitrogens with zero attached hydrogens (tertiary/aromatic N) is 1. The number of rotatable bonds is 1. The number of halogens is 1. The smallest absolute Gasteiger partial charge is 0.132 e. The van der Waals surface area contributed by atoms with Crippen molar-refractivity contribution in [1.29, 1.82) is 0 Å². The van der Waals surface area contributed by atoms with Gasteiger partial charge in [0.25, 0.3) is 0 Å². The second-order valence-electron chi connectivity index (χ2n) is 4.49. The van der Waals surface area contributed by atoms with E-state index < -0.39 is 0 Å². The third kappa shape index (κ3) is 1.96. The summed E-state index contributed by atoms with van der Waals surface area (Å²) in [4.78, 5) is 4.33. The average Bonchev–Trinajstić information content (AvgIpc) is 2.41. The molecule has 1 aliphatic rings. The van der Waals surface area contributed by atoms with Crippen LogP contribution < -0.4 is 0 Å². The zero-order chi connectivity index (χ0) is 11.7. The van der Waals surface area contributed by atoms with Crippen molar-refractivity contribution in [3.63, 3.8) is 0 Å². The topological polar surface area (TPSA) is 12.9 Å². The quantitative estimate of drug-likeness (QED) is 0.682. The van der Waals surface area contributed by atoms with Gasteiger partial charge in [0.2, 0.25) is 0 Å². The standard InChI is InChI=1S/C15H14ClN/c16-15-13-9-5-4-8-12(13)14(10-17-15)11-6-2-1-3-7-11/h1-3,6-7,10H,4-5,8-9H2. The van der Waals surface area contributed by atoms with Gasteiger partial charge in [0.15, 0.2) is 0 Å². The van der Waals surface area contributed by atoms with E-state index in [1.807, 2.05) is 12.3 Å². The summed E-state index contributed by atoms with van der Waals surface area (Å²) in [6.07, 6.45) is 6.60. The van der Waals surface area contributed by atoms with Crippen LogP contribution in [0.3, 0.4) is 0 Å². The molecule has 0 spiro atoms. The van der Waals surface area contributed by atoms with Crippen LogP contribution in [-0.4, -0.2) is 4.98 Å². The Morgan fingerprint density at radius 1 is 0.941 bits per heavy atom. The van der Waals surface area contributed by atoms with Gasteiger partial charge >= 0.3 is 0 Å². The molecule has 0 fully saturated rings. The van der Waals surface area contributed by atoms with Crippen LogP contribution in [0.15, 0.2) is 36.5 Å². The summed E-state index contributed by atoms with van der Waals surface area (Å²) in [6, 6.07) is 10.5. The minimum atomic E-state index is 0.694. The number of hydrogen-bond acceptors (Lipinski definition) is 1. The first-order valence-electron chi connectivity index (χ1n) is 6.08. The Labute approximate surface area is 106 Å². The molecule has 1 aromatic carbocycles. The van der Waals surface area contributed by atoms with Crippen molar-refractivity contribution in [3.05, 3.63) is 52.8 Å². The fourth-order valence-corrected chi connectivity index (χ4v) is 2.83. The molecule has 2 aromatic rings. The van der Waals surface area contributed by atoms with E-state index in [-0.39, 0.29) is 0 Å². The second kappa shape index (κ2) is 4.50. The Kier molecular flexibility index (Phi) is 2.86. The fourth-order valence-electron chi connectivity index (χ4n) is 2.57. The van der Waals surface area contributed by atoms with Crippen LogP contribution in [0.2, 0.25) is 5.15 Å². The summed E-state index contributed by atoms with van der Waals surface area (Å²) in [7, 11) is 0. The normalized spacial score (nSPS) is 14.4. The van der Waals surface area contributed by atoms with Crippen LogP contribution in [0.5, 0.6) is 0 Å². The molecule has 0 unspecified atom stereocenters. The first kappa shape index (κ1) is 10.8. The Balaban J connectivity index is 2.18. The van der Waals surface area contributed by atoms with Crippen LogP contribution in [0, 0.1) is 0 Å². The summed E-state index contributed by atoms with van der Waals surface area (Å²) in [5.41, 5.74) is 5.17. The monoisotopic (exact) mass is 243 g/mol. The van der Waals surface area contributed by atoms with E-state index in [0.717, 1.165) is 12.8 Å². The molecule has 0 saturated carbocycles. The molecule has 17 heavy (non-hydrogen) atoms. The highest BCUT2D eigenvalue weighted by molar-refractivity contribution is 6.30. The van der Waals surface area contributed by atoms with E-state index in [9.17, 15) is 0 Å². The number of fused-ring (bicyclic) bond motifs is 1. The van der Waals surface area contributed by atoms with E-state index >= 15 is 0 Å². The molecule has 1 aromatic heterocycles. The second-order valence-corrected chi connectivity index (χ2v) is 4.85. The maximum atomic E-state index is 6.19. The first-order valence-corrected chi connectivity index (χ1v) is 6.46. The summed E-state index contributed by atoms with van der Waals surface area (Å²) in [6.45, 7) is 0. The average molecular weight is 244 g/mol. The van der Waals surface area contributed by atoms with Crippen molar-refractivity contribution in [1.82, 2.24) is 4.98 Å². The zero-order valence-corrected chi connectivity index (χ0v) is 10.4. The Bertz CT molecular complexity index is 534. The van der Waals surface area contributed by atoms with Gasteiger partial charge in [0, 0.05) is 11.8 Å². The molecule has 0 atom stereocenters. The van der Waals surface area contributed by atoms with Gasteiger partial charge < -0.3 is 0 Å². The lowest BCUT2D eigenvalue weighted by Gasteiger charge is -2.20. The van der Waals surface area contributed by atoms with Gasteiger partial charge in [-0.1, -0.05) is 41.9 Å². The van der Waals surface area contributed by atoms with Crippen molar-refractivity contribution < 1.29 is 0 Å². The van der Waals surface area contributed by atoms with Crippen LogP contribution in [0.1, 0.15) is 24.0 Å². The van der Waals surface area contributed by atoms with Gasteiger partial charge in [0.1, 0.15) is 5.15 Å². The van der Waals surface area contributed by atoms with E-state index in [0.29, 0.717) is 5.15 Å². The summed E-state index contributed by atoms with van der Waals surface area (Å²) in [5.74, 6) is 0. The third-order valence-corrected chi connectivity index (χ3v) is 3.76. The number of pyridine rings is 1. The largest absolute Gasteiger partial charge is 0.244 e. The van der Waals surface area contributed by atoms with Crippen LogP contribution >= 0.6 is 11.6 Å². The molecule has 0 radical (unpaired) electrons. The van der Waals surface area contributed by atoms with Crippen molar-refractivity contribution >= 4 is 11.6 Å². The molecule has 1 nitrogen and oxygen atoms in total. The SMILES string of the molecule is Clc1ncc(-c2ccccc2)c2c1CCCC2. The minimum absolute atomic E-state index is 0.694. The molecule has 0 bridgehead atoms. The molecule has 0 N–H and O–H groups in total. The maximum Gasteiger partial charge on any atom is 0.132 e. The summed E-state index contributed by atoms with van der Waals surface area (Å²) in [5, 5.41) is 0.694. The van der Waals surface area contributed by atoms with E-state index in [1.165, 1.54) is 35.1 Å². The predicted molar refractivity (Wildman–Crippen MR) is 71.3 cm³/mol. The third-order valence-electron chi connectivity index (χ3n) is 3.43. The van der Waals surface area contributed by atoms with Crippen molar-refractivity contribution in [2.45, 2.75) is 25.7 Å². The number of aromatic nitrogens is 1. The van der Waals surface area contributed by atoms with Crippen LogP contribution in [0.4, 0.5) is 0 Å². The molecule has 3 rings (SSSR count). The first-order chi connectivity index (χ1) is 8.36. The summed E-state index contributed by atoms with van der Waals surface area (Å²) >= 11 is 6.19. The van der Waals surface area contributed by atoms with E-state index in [4.69, 9.17) is 11.6 Å². The highest BCUT2D eigenvalue weighted by Gasteiger charge is 2.17. The van der Waals surface area contributed by atoms with E-state index in [1.54, 1.807) is 0 Å². The van der Waals surface area contributed by atoms with Gasteiger partial charge in [-0.25, -0.2) is 4.98 Å². The van der Waals surface area contributed by atoms with Crippen molar-refractivity contribution in [2.75, 3.05) is 0 Å². The molecule has 0 saturated heterocycles. The Hall–Kier alpha value is -1.34. The minimum Gasteiger partial charge on any atom is -0.244 e. The highest BCUT2D eigenvalue weighted by atomic mass is 35.5. The Morgan fingerprint density at radius 3 is 2.41 bits per heavy atom. The molecule has 1 aliphatic carbocycles. The maximum absolute atomic E-state index is 6.19. The molecule has 0 amide bonds. The van der Waals surface area contributed by atoms with Gasteiger partial charge in [-0.2, -0.15) is 0 Å². The lowest BCUT2D eigenvalue weighted by atomic mass is 9.88. The van der Waals surface area contributed by atoms with Gasteiger partial charge in [0.05, 0.1) is 0 Å². The lowest BCUT2D eigenvalue weighted by molar-refractivity contribution is 0.683. The van der Waals surface area contributed by atoms with E-state index in [2.05, 4.69) is 29.2 Å². The molecule has 0 aliphatic heterocycles. The lowest BCUT2D eigenvalue weighted by Crippen LogP contribution is -2.06. The van der Waals surface area contributed by atoms with Crippen molar-refractivity contribution in [2.24, 2.45) is 0 Å². The highest BCUT2D eigenvalue weighted by Crippen LogP contribution is 2.33. The van der Waals surface area contributed by atoms with Crippen LogP contribution in [-0.2, 0) is 12.8 Å². The van der Waals surface area contributed by atoms with Gasteiger partial charge in [-0.3, -0.25) is 0 Å². The fraction of sp³-hybridized carbons (Fsp3) is 0.267. The van der Waals surface area contributed by atoms with Gasteiger partial charge in [-0.15, -0.1) is 0 Å². The van der Waals surface area contributed by atoms with Gasteiger partial charge in [-0.05, 0) is 42.4 Å². The molecular formula is C15H14ClN. The predicted octanol–water partition coefficient (Wildman–Crippen LogP) is 4.28. The summed E-state index contributed by atoms with van der Waals surface area (Å²) < 4.78 is 0. The Morgan fingerprint density at radius 2 is 1.65 bits per heavy atom.